The number of amides is 1. The number of para-hydroxylation sites is 1. The van der Waals surface area contributed by atoms with Crippen LogP contribution in [-0.4, -0.2) is 22.0 Å². The van der Waals surface area contributed by atoms with E-state index < -0.39 is 0 Å². The maximum absolute atomic E-state index is 13.8. The molecule has 4 nitrogen and oxygen atoms in total. The normalized spacial score (nSPS) is 13.6. The van der Waals surface area contributed by atoms with Crippen molar-refractivity contribution in [3.63, 3.8) is 0 Å². The van der Waals surface area contributed by atoms with Crippen LogP contribution >= 0.6 is 11.6 Å². The Bertz CT molecular complexity index is 1040. The first-order valence-corrected chi connectivity index (χ1v) is 11.2. The summed E-state index contributed by atoms with van der Waals surface area (Å²) >= 11 is 6.10. The Morgan fingerprint density at radius 1 is 1.10 bits per heavy atom. The largest absolute Gasteiger partial charge is 0.327 e. The van der Waals surface area contributed by atoms with Crippen LogP contribution in [0.1, 0.15) is 54.4 Å². The Morgan fingerprint density at radius 3 is 2.60 bits per heavy atom. The lowest BCUT2D eigenvalue weighted by Gasteiger charge is -2.24. The Hall–Kier alpha value is -2.59. The second-order valence-electron chi connectivity index (χ2n) is 7.94. The maximum Gasteiger partial charge on any atom is 0.278 e. The summed E-state index contributed by atoms with van der Waals surface area (Å²) in [7, 11) is 0. The highest BCUT2D eigenvalue weighted by Crippen LogP contribution is 2.30. The van der Waals surface area contributed by atoms with E-state index in [9.17, 15) is 4.79 Å². The summed E-state index contributed by atoms with van der Waals surface area (Å²) in [6, 6.07) is 15.8. The minimum absolute atomic E-state index is 0.00277. The van der Waals surface area contributed by atoms with Gasteiger partial charge in [0.2, 0.25) is 0 Å². The van der Waals surface area contributed by atoms with Gasteiger partial charge in [-0.3, -0.25) is 4.79 Å². The molecule has 4 rings (SSSR count). The Morgan fingerprint density at radius 2 is 1.87 bits per heavy atom. The second kappa shape index (κ2) is 9.05. The van der Waals surface area contributed by atoms with Crippen LogP contribution < -0.4 is 4.90 Å². The number of aryl methyl sites for hydroxylation is 1. The fraction of sp³-hybridized carbons (Fsp3) is 0.360. The molecule has 0 radical (unpaired) electrons. The molecular formula is C25H28ClN3O. The molecule has 2 heterocycles. The molecule has 0 atom stereocenters. The summed E-state index contributed by atoms with van der Waals surface area (Å²) in [6.45, 7) is 5.72. The lowest BCUT2D eigenvalue weighted by Crippen LogP contribution is -2.33. The molecule has 5 heteroatoms. The first kappa shape index (κ1) is 20.7. The zero-order valence-electron chi connectivity index (χ0n) is 17.7. The van der Waals surface area contributed by atoms with Crippen LogP contribution in [0.4, 0.5) is 5.69 Å². The molecule has 1 aliphatic rings. The molecule has 0 fully saturated rings. The molecule has 0 spiro atoms. The molecule has 30 heavy (non-hydrogen) atoms. The third-order valence-corrected chi connectivity index (χ3v) is 6.02. The van der Waals surface area contributed by atoms with Crippen LogP contribution in [0.2, 0.25) is 5.02 Å². The molecule has 1 aliphatic heterocycles. The summed E-state index contributed by atoms with van der Waals surface area (Å²) in [6.07, 6.45) is 5.14. The van der Waals surface area contributed by atoms with Crippen molar-refractivity contribution >= 4 is 23.2 Å². The van der Waals surface area contributed by atoms with Crippen molar-refractivity contribution in [2.45, 2.75) is 52.5 Å². The van der Waals surface area contributed by atoms with Crippen molar-refractivity contribution < 1.29 is 4.79 Å². The number of halogens is 1. The predicted molar refractivity (Wildman–Crippen MR) is 123 cm³/mol. The zero-order valence-corrected chi connectivity index (χ0v) is 18.5. The van der Waals surface area contributed by atoms with Gasteiger partial charge in [-0.15, -0.1) is 0 Å². The number of anilines is 1. The number of nitrogens with zero attached hydrogens (tertiary/aromatic N) is 3. The molecule has 156 valence electrons. The van der Waals surface area contributed by atoms with Gasteiger partial charge in [-0.05, 0) is 68.5 Å². The van der Waals surface area contributed by atoms with Crippen molar-refractivity contribution in [3.8, 4) is 11.4 Å². The highest BCUT2D eigenvalue weighted by Gasteiger charge is 2.28. The Kier molecular flexibility index (Phi) is 6.24. The van der Waals surface area contributed by atoms with E-state index in [4.69, 9.17) is 16.6 Å². The number of carbonyl (C=O) groups excluding carboxylic acids is 1. The SMILES string of the molecule is CCCN(C(=O)c1nc(-c2ccc(Cl)cc2)n2c1CCCCC2)c1ccccc1C. The van der Waals surface area contributed by atoms with Gasteiger partial charge in [-0.25, -0.2) is 4.98 Å². The number of hydrogen-bond acceptors (Lipinski definition) is 2. The second-order valence-corrected chi connectivity index (χ2v) is 8.38. The number of carbonyl (C=O) groups is 1. The summed E-state index contributed by atoms with van der Waals surface area (Å²) < 4.78 is 2.26. The van der Waals surface area contributed by atoms with Crippen LogP contribution in [0.15, 0.2) is 48.5 Å². The molecule has 0 bridgehead atoms. The van der Waals surface area contributed by atoms with E-state index in [1.807, 2.05) is 47.4 Å². The third-order valence-electron chi connectivity index (χ3n) is 5.77. The number of benzene rings is 2. The van der Waals surface area contributed by atoms with Gasteiger partial charge in [0.05, 0.1) is 5.69 Å². The van der Waals surface area contributed by atoms with Crippen LogP contribution in [-0.2, 0) is 13.0 Å². The molecule has 1 amide bonds. The number of imidazole rings is 1. The summed E-state index contributed by atoms with van der Waals surface area (Å²) in [5, 5.41) is 0.700. The van der Waals surface area contributed by atoms with E-state index in [1.165, 1.54) is 6.42 Å². The molecule has 0 unspecified atom stereocenters. The lowest BCUT2D eigenvalue weighted by molar-refractivity contribution is 0.0981. The number of hydrogen-bond donors (Lipinski definition) is 0. The van der Waals surface area contributed by atoms with E-state index in [2.05, 4.69) is 24.5 Å². The van der Waals surface area contributed by atoms with Crippen LogP contribution in [0.5, 0.6) is 0 Å². The molecule has 0 aliphatic carbocycles. The van der Waals surface area contributed by atoms with Gasteiger partial charge in [0.1, 0.15) is 5.82 Å². The van der Waals surface area contributed by atoms with Gasteiger partial charge in [-0.2, -0.15) is 0 Å². The number of fused-ring (bicyclic) bond motifs is 1. The molecule has 0 saturated heterocycles. The van der Waals surface area contributed by atoms with Gasteiger partial charge < -0.3 is 9.47 Å². The quantitative estimate of drug-likeness (QED) is 0.485. The highest BCUT2D eigenvalue weighted by molar-refractivity contribution is 6.30. The smallest absolute Gasteiger partial charge is 0.278 e. The average molecular weight is 422 g/mol. The minimum atomic E-state index is -0.00277. The van der Waals surface area contributed by atoms with E-state index >= 15 is 0 Å². The molecule has 1 aromatic heterocycles. The average Bonchev–Trinajstić information content (AvgIpc) is 2.94. The van der Waals surface area contributed by atoms with E-state index in [1.54, 1.807) is 0 Å². The summed E-state index contributed by atoms with van der Waals surface area (Å²) in [4.78, 5) is 20.6. The van der Waals surface area contributed by atoms with Crippen LogP contribution in [0, 0.1) is 6.92 Å². The van der Waals surface area contributed by atoms with Gasteiger partial charge in [-0.1, -0.05) is 43.1 Å². The first-order valence-electron chi connectivity index (χ1n) is 10.8. The fourth-order valence-corrected chi connectivity index (χ4v) is 4.39. The van der Waals surface area contributed by atoms with Crippen molar-refractivity contribution in [3.05, 3.63) is 70.5 Å². The molecule has 2 aromatic carbocycles. The van der Waals surface area contributed by atoms with E-state index in [0.717, 1.165) is 60.6 Å². The van der Waals surface area contributed by atoms with E-state index in [-0.39, 0.29) is 5.91 Å². The third kappa shape index (κ3) is 4.01. The van der Waals surface area contributed by atoms with Crippen molar-refractivity contribution in [1.29, 1.82) is 0 Å². The first-order chi connectivity index (χ1) is 14.6. The van der Waals surface area contributed by atoms with Crippen LogP contribution in [0.25, 0.3) is 11.4 Å². The van der Waals surface area contributed by atoms with Crippen molar-refractivity contribution in [2.75, 3.05) is 11.4 Å². The minimum Gasteiger partial charge on any atom is -0.327 e. The molecular weight excluding hydrogens is 394 g/mol. The Labute approximate surface area is 183 Å². The van der Waals surface area contributed by atoms with Gasteiger partial charge in [0, 0.05) is 29.4 Å². The highest BCUT2D eigenvalue weighted by atomic mass is 35.5. The predicted octanol–water partition coefficient (Wildman–Crippen LogP) is 6.30. The molecule has 0 N–H and O–H groups in total. The number of aromatic nitrogens is 2. The van der Waals surface area contributed by atoms with Crippen LogP contribution in [0.3, 0.4) is 0 Å². The monoisotopic (exact) mass is 421 g/mol. The van der Waals surface area contributed by atoms with Gasteiger partial charge in [0.15, 0.2) is 5.69 Å². The fourth-order valence-electron chi connectivity index (χ4n) is 4.26. The number of rotatable bonds is 5. The summed E-state index contributed by atoms with van der Waals surface area (Å²) in [5.74, 6) is 0.866. The topological polar surface area (TPSA) is 38.1 Å². The van der Waals surface area contributed by atoms with Gasteiger partial charge >= 0.3 is 0 Å². The van der Waals surface area contributed by atoms with Gasteiger partial charge in [0.25, 0.3) is 5.91 Å². The van der Waals surface area contributed by atoms with Crippen molar-refractivity contribution in [2.24, 2.45) is 0 Å². The van der Waals surface area contributed by atoms with Crippen molar-refractivity contribution in [1.82, 2.24) is 9.55 Å². The maximum atomic E-state index is 13.8. The Balaban J connectivity index is 1.82. The zero-order chi connectivity index (χ0) is 21.1. The lowest BCUT2D eigenvalue weighted by atomic mass is 10.1. The molecule has 0 saturated carbocycles. The van der Waals surface area contributed by atoms with E-state index in [0.29, 0.717) is 17.3 Å². The molecule has 3 aromatic rings. The summed E-state index contributed by atoms with van der Waals surface area (Å²) in [5.41, 5.74) is 4.73. The standard InChI is InChI=1S/C25H28ClN3O/c1-3-16-29(21-10-7-6-9-18(21)2)25(30)23-22-11-5-4-8-17-28(22)24(27-23)19-12-14-20(26)15-13-19/h6-7,9-10,12-15H,3-5,8,11,16-17H2,1-2H3.